The quantitative estimate of drug-likeness (QED) is 0.303. The molecule has 10 nitrogen and oxygen atoms in total. The van der Waals surface area contributed by atoms with Gasteiger partial charge in [0, 0.05) is 24.4 Å². The number of carbonyl (C=O) groups is 3. The molecule has 1 aromatic carbocycles. The Morgan fingerprint density at radius 2 is 2.00 bits per heavy atom. The van der Waals surface area contributed by atoms with E-state index in [0.29, 0.717) is 65.3 Å². The Labute approximate surface area is 238 Å². The number of hydrogen-bond acceptors (Lipinski definition) is 10. The molecule has 11 heteroatoms. The van der Waals surface area contributed by atoms with Gasteiger partial charge in [0.2, 0.25) is 5.91 Å². The van der Waals surface area contributed by atoms with E-state index in [1.807, 2.05) is 16.4 Å². The van der Waals surface area contributed by atoms with Crippen LogP contribution in [0.5, 0.6) is 11.5 Å². The summed E-state index contributed by atoms with van der Waals surface area (Å²) in [5, 5.41) is 2.52. The summed E-state index contributed by atoms with van der Waals surface area (Å²) in [6.45, 7) is 8.43. The summed E-state index contributed by atoms with van der Waals surface area (Å²) in [7, 11) is 3.13. The fourth-order valence-corrected chi connectivity index (χ4v) is 6.08. The van der Waals surface area contributed by atoms with E-state index in [4.69, 9.17) is 23.9 Å². The summed E-state index contributed by atoms with van der Waals surface area (Å²) in [6.07, 6.45) is 3.00. The maximum atomic E-state index is 13.5. The van der Waals surface area contributed by atoms with Gasteiger partial charge in [-0.2, -0.15) is 0 Å². The summed E-state index contributed by atoms with van der Waals surface area (Å²) in [6, 6.07) is 4.69. The molecule has 0 spiro atoms. The van der Waals surface area contributed by atoms with E-state index in [9.17, 15) is 14.4 Å². The smallest absolute Gasteiger partial charge is 0.338 e. The number of likely N-dealkylation sites (tertiary alicyclic amines) is 1. The zero-order chi connectivity index (χ0) is 28.8. The number of amides is 1. The van der Waals surface area contributed by atoms with Crippen LogP contribution in [0.2, 0.25) is 0 Å². The topological polar surface area (TPSA) is 107 Å². The van der Waals surface area contributed by atoms with Crippen LogP contribution in [-0.2, 0) is 23.9 Å². The number of aliphatic imine (C=N–C) groups is 1. The van der Waals surface area contributed by atoms with Gasteiger partial charge in [0.1, 0.15) is 18.1 Å². The molecular weight excluding hydrogens is 534 g/mol. The molecule has 0 aromatic heterocycles. The second-order valence-electron chi connectivity index (χ2n) is 9.50. The normalized spacial score (nSPS) is 20.3. The Balaban J connectivity index is 1.68. The van der Waals surface area contributed by atoms with Crippen molar-refractivity contribution in [3.63, 3.8) is 0 Å². The molecule has 3 heterocycles. The van der Waals surface area contributed by atoms with Crippen LogP contribution in [0.25, 0.3) is 0 Å². The Bertz CT molecular complexity index is 1270. The highest BCUT2D eigenvalue weighted by molar-refractivity contribution is 8.16. The third kappa shape index (κ3) is 6.04. The first-order chi connectivity index (χ1) is 19.3. The molecule has 3 aliphatic rings. The molecule has 3 aliphatic heterocycles. The Morgan fingerprint density at radius 1 is 1.20 bits per heavy atom. The molecule has 40 heavy (non-hydrogen) atoms. The van der Waals surface area contributed by atoms with Crippen LogP contribution in [0.15, 0.2) is 58.2 Å². The largest absolute Gasteiger partial charge is 0.497 e. The number of allylic oxidation sites excluding steroid dienone is 1. The number of hydrogen-bond donors (Lipinski definition) is 0. The van der Waals surface area contributed by atoms with E-state index in [2.05, 4.69) is 6.58 Å². The Kier molecular flexibility index (Phi) is 9.57. The number of methoxy groups -OCH3 is 2. The van der Waals surface area contributed by atoms with Gasteiger partial charge in [0.05, 0.1) is 50.5 Å². The molecule has 1 saturated heterocycles. The summed E-state index contributed by atoms with van der Waals surface area (Å²) in [5.41, 5.74) is 2.19. The first-order valence-corrected chi connectivity index (χ1v) is 14.1. The van der Waals surface area contributed by atoms with Crippen LogP contribution < -0.4 is 9.47 Å². The molecule has 0 bridgehead atoms. The predicted octanol–water partition coefficient (Wildman–Crippen LogP) is 4.20. The first kappa shape index (κ1) is 29.3. The number of nitrogens with zero attached hydrogens (tertiary/aromatic N) is 3. The average Bonchev–Trinajstić information content (AvgIpc) is 3.36. The van der Waals surface area contributed by atoms with Crippen molar-refractivity contribution >= 4 is 34.8 Å². The maximum absolute atomic E-state index is 13.5. The van der Waals surface area contributed by atoms with Crippen LogP contribution in [0.4, 0.5) is 0 Å². The van der Waals surface area contributed by atoms with Crippen LogP contribution in [0.1, 0.15) is 44.7 Å². The number of ether oxygens (including phenoxy) is 4. The molecule has 1 fully saturated rings. The van der Waals surface area contributed by atoms with Gasteiger partial charge in [-0.15, -0.1) is 0 Å². The van der Waals surface area contributed by atoms with Gasteiger partial charge in [-0.1, -0.05) is 24.4 Å². The third-order valence-corrected chi connectivity index (χ3v) is 7.90. The molecule has 1 amide bonds. The van der Waals surface area contributed by atoms with Gasteiger partial charge in [-0.25, -0.2) is 9.79 Å². The highest BCUT2D eigenvalue weighted by Gasteiger charge is 2.43. The standard InChI is InChI=1S/C29H35N3O7S/c1-6-13-39-28(35)25-18(3)30-29-32(26(25)22-15-21(36-4)10-11-23(22)37-5)20(17-40-29)14-24(33)31-12-8-9-19(16-31)27(34)38-7-2/h6,10-11,15,17,19,26H,1,7-9,12-14,16H2,2-5H3/t19-,26+/m1/s1. The SMILES string of the molecule is C=CCOC(=O)C1=C(C)N=C2SC=C(CC(=O)N3CCC[C@@H](C(=O)OCC)C3)N2[C@H]1c1cc(OC)ccc1OC. The first-order valence-electron chi connectivity index (χ1n) is 13.2. The number of thioether (sulfide) groups is 1. The fourth-order valence-electron chi connectivity index (χ4n) is 5.11. The fraction of sp³-hybridized carbons (Fsp3) is 0.448. The molecule has 214 valence electrons. The molecule has 0 aliphatic carbocycles. The van der Waals surface area contributed by atoms with Gasteiger partial charge >= 0.3 is 11.9 Å². The van der Waals surface area contributed by atoms with Gasteiger partial charge in [0.15, 0.2) is 5.17 Å². The zero-order valence-electron chi connectivity index (χ0n) is 23.3. The zero-order valence-corrected chi connectivity index (χ0v) is 24.1. The van der Waals surface area contributed by atoms with Crippen LogP contribution >= 0.6 is 11.8 Å². The molecule has 2 atom stereocenters. The second-order valence-corrected chi connectivity index (χ2v) is 10.3. The van der Waals surface area contributed by atoms with Crippen molar-refractivity contribution in [1.29, 1.82) is 0 Å². The van der Waals surface area contributed by atoms with Gasteiger partial charge in [-0.3, -0.25) is 9.59 Å². The molecule has 0 saturated carbocycles. The third-order valence-electron chi connectivity index (χ3n) is 7.01. The molecular formula is C29H35N3O7S. The van der Waals surface area contributed by atoms with Crippen molar-refractivity contribution in [3.8, 4) is 11.5 Å². The maximum Gasteiger partial charge on any atom is 0.338 e. The minimum atomic E-state index is -0.683. The predicted molar refractivity (Wildman–Crippen MR) is 152 cm³/mol. The van der Waals surface area contributed by atoms with Crippen molar-refractivity contribution in [2.45, 2.75) is 39.2 Å². The number of carbonyl (C=O) groups excluding carboxylic acids is 3. The van der Waals surface area contributed by atoms with E-state index < -0.39 is 12.0 Å². The van der Waals surface area contributed by atoms with Crippen LogP contribution in [0.3, 0.4) is 0 Å². The van der Waals surface area contributed by atoms with Crippen molar-refractivity contribution in [3.05, 3.63) is 58.8 Å². The van der Waals surface area contributed by atoms with Crippen LogP contribution in [-0.4, -0.2) is 73.3 Å². The number of esters is 2. The second kappa shape index (κ2) is 13.1. The van der Waals surface area contributed by atoms with Gasteiger partial charge in [0.25, 0.3) is 0 Å². The molecule has 4 rings (SSSR count). The minimum Gasteiger partial charge on any atom is -0.497 e. The lowest BCUT2D eigenvalue weighted by Gasteiger charge is -2.37. The number of fused-ring (bicyclic) bond motifs is 1. The number of piperidine rings is 1. The summed E-state index contributed by atoms with van der Waals surface area (Å²) in [5.74, 6) is -0.115. The highest BCUT2D eigenvalue weighted by atomic mass is 32.2. The monoisotopic (exact) mass is 569 g/mol. The van der Waals surface area contributed by atoms with Crippen LogP contribution in [0, 0.1) is 5.92 Å². The van der Waals surface area contributed by atoms with Crippen molar-refractivity contribution in [1.82, 2.24) is 9.80 Å². The lowest BCUT2D eigenvalue weighted by Crippen LogP contribution is -2.44. The highest BCUT2D eigenvalue weighted by Crippen LogP contribution is 2.47. The van der Waals surface area contributed by atoms with E-state index in [1.54, 1.807) is 45.1 Å². The number of benzene rings is 1. The van der Waals surface area contributed by atoms with Gasteiger partial charge < -0.3 is 28.7 Å². The number of rotatable bonds is 10. The lowest BCUT2D eigenvalue weighted by atomic mass is 9.92. The molecule has 0 radical (unpaired) electrons. The summed E-state index contributed by atoms with van der Waals surface area (Å²) < 4.78 is 21.9. The molecule has 1 aromatic rings. The van der Waals surface area contributed by atoms with Gasteiger partial charge in [-0.05, 0) is 50.3 Å². The lowest BCUT2D eigenvalue weighted by molar-refractivity contribution is -0.151. The minimum absolute atomic E-state index is 0.0423. The van der Waals surface area contributed by atoms with E-state index in [-0.39, 0.29) is 30.8 Å². The van der Waals surface area contributed by atoms with E-state index in [1.165, 1.54) is 17.8 Å². The Morgan fingerprint density at radius 3 is 2.70 bits per heavy atom. The van der Waals surface area contributed by atoms with E-state index >= 15 is 0 Å². The number of amidine groups is 1. The van der Waals surface area contributed by atoms with Crippen molar-refractivity contribution in [2.24, 2.45) is 10.9 Å². The van der Waals surface area contributed by atoms with Crippen molar-refractivity contribution < 1.29 is 33.3 Å². The van der Waals surface area contributed by atoms with E-state index in [0.717, 1.165) is 6.42 Å². The summed E-state index contributed by atoms with van der Waals surface area (Å²) in [4.78, 5) is 47.6. The molecule has 0 unspecified atom stereocenters. The summed E-state index contributed by atoms with van der Waals surface area (Å²) >= 11 is 1.39. The molecule has 0 N–H and O–H groups in total. The average molecular weight is 570 g/mol. The van der Waals surface area contributed by atoms with Crippen molar-refractivity contribution in [2.75, 3.05) is 40.5 Å². The Hall–Kier alpha value is -3.73.